The fourth-order valence-electron chi connectivity index (χ4n) is 2.39. The van der Waals surface area contributed by atoms with Crippen LogP contribution in [-0.2, 0) is 0 Å². The number of aryl methyl sites for hydroxylation is 1. The smallest absolute Gasteiger partial charge is 0.274 e. The Morgan fingerprint density at radius 1 is 1.07 bits per heavy atom. The monoisotopic (exact) mass is 359 g/mol. The van der Waals surface area contributed by atoms with Gasteiger partial charge in [0, 0.05) is 11.1 Å². The van der Waals surface area contributed by atoms with Gasteiger partial charge in [-0.1, -0.05) is 53.8 Å². The molecule has 0 radical (unpaired) electrons. The molecule has 2 aromatic carbocycles. The van der Waals surface area contributed by atoms with E-state index >= 15 is 0 Å². The van der Waals surface area contributed by atoms with E-state index in [-0.39, 0.29) is 18.1 Å². The highest BCUT2D eigenvalue weighted by Gasteiger charge is 2.19. The molecule has 0 atom stereocenters. The Balaban J connectivity index is 1.79. The fourth-order valence-corrected chi connectivity index (χ4v) is 2.39. The first-order valence-corrected chi connectivity index (χ1v) is 8.23. The Kier molecular flexibility index (Phi) is 5.33. The van der Waals surface area contributed by atoms with Crippen LogP contribution in [0.4, 0.5) is 0 Å². The molecule has 27 heavy (non-hydrogen) atoms. The predicted molar refractivity (Wildman–Crippen MR) is 101 cm³/mol. The van der Waals surface area contributed by atoms with E-state index in [1.54, 1.807) is 6.07 Å². The van der Waals surface area contributed by atoms with Crippen molar-refractivity contribution in [2.45, 2.75) is 6.92 Å². The number of aromatic hydroxyl groups is 2. The molecule has 134 valence electrons. The van der Waals surface area contributed by atoms with Crippen molar-refractivity contribution in [3.8, 4) is 34.9 Å². The first-order valence-electron chi connectivity index (χ1n) is 8.23. The number of carbonyl (C=O) groups is 1. The predicted octanol–water partition coefficient (Wildman–Crippen LogP) is 2.64. The molecule has 0 aliphatic rings. The summed E-state index contributed by atoms with van der Waals surface area (Å²) < 4.78 is 0. The van der Waals surface area contributed by atoms with E-state index in [0.29, 0.717) is 5.56 Å². The largest absolute Gasteiger partial charge is 0.501 e. The zero-order valence-electron chi connectivity index (χ0n) is 14.6. The molecule has 3 N–H and O–H groups in total. The van der Waals surface area contributed by atoms with Crippen molar-refractivity contribution in [1.82, 2.24) is 15.3 Å². The molecule has 0 spiro atoms. The summed E-state index contributed by atoms with van der Waals surface area (Å²) >= 11 is 0. The van der Waals surface area contributed by atoms with Crippen LogP contribution in [0.25, 0.3) is 11.4 Å². The highest BCUT2D eigenvalue weighted by atomic mass is 16.3. The van der Waals surface area contributed by atoms with Gasteiger partial charge in [0.15, 0.2) is 11.5 Å². The van der Waals surface area contributed by atoms with E-state index in [1.165, 1.54) is 0 Å². The van der Waals surface area contributed by atoms with Crippen molar-refractivity contribution in [1.29, 1.82) is 0 Å². The summed E-state index contributed by atoms with van der Waals surface area (Å²) in [6.45, 7) is 1.97. The van der Waals surface area contributed by atoms with Crippen molar-refractivity contribution in [3.63, 3.8) is 0 Å². The number of aromatic nitrogens is 2. The van der Waals surface area contributed by atoms with E-state index in [0.717, 1.165) is 11.1 Å². The Morgan fingerprint density at radius 3 is 2.59 bits per heavy atom. The molecule has 3 rings (SSSR count). The average Bonchev–Trinajstić information content (AvgIpc) is 2.68. The van der Waals surface area contributed by atoms with E-state index in [1.807, 2.05) is 55.5 Å². The molecule has 0 fully saturated rings. The van der Waals surface area contributed by atoms with Gasteiger partial charge in [-0.2, -0.15) is 4.98 Å². The van der Waals surface area contributed by atoms with Crippen LogP contribution < -0.4 is 5.32 Å². The summed E-state index contributed by atoms with van der Waals surface area (Å²) in [5, 5.41) is 22.4. The van der Waals surface area contributed by atoms with Gasteiger partial charge in [0.2, 0.25) is 5.75 Å². The lowest BCUT2D eigenvalue weighted by atomic mass is 10.1. The lowest BCUT2D eigenvalue weighted by Crippen LogP contribution is -2.25. The maximum absolute atomic E-state index is 12.3. The molecule has 1 heterocycles. The molecule has 6 heteroatoms. The molecule has 1 aromatic heterocycles. The van der Waals surface area contributed by atoms with Gasteiger partial charge < -0.3 is 15.5 Å². The molecule has 0 bridgehead atoms. The number of amides is 1. The number of hydrogen-bond donors (Lipinski definition) is 3. The number of hydrogen-bond acceptors (Lipinski definition) is 5. The Bertz CT molecular complexity index is 1040. The second kappa shape index (κ2) is 8.02. The van der Waals surface area contributed by atoms with Gasteiger partial charge in [0.25, 0.3) is 11.8 Å². The van der Waals surface area contributed by atoms with Crippen molar-refractivity contribution in [3.05, 3.63) is 71.4 Å². The minimum atomic E-state index is -0.667. The van der Waals surface area contributed by atoms with Crippen LogP contribution in [0.1, 0.15) is 21.6 Å². The van der Waals surface area contributed by atoms with Gasteiger partial charge >= 0.3 is 0 Å². The van der Waals surface area contributed by atoms with E-state index in [2.05, 4.69) is 27.1 Å². The third kappa shape index (κ3) is 4.41. The third-order valence-electron chi connectivity index (χ3n) is 3.70. The van der Waals surface area contributed by atoms with Crippen molar-refractivity contribution >= 4 is 5.91 Å². The van der Waals surface area contributed by atoms with Crippen LogP contribution in [0.2, 0.25) is 0 Å². The summed E-state index contributed by atoms with van der Waals surface area (Å²) in [7, 11) is 0. The summed E-state index contributed by atoms with van der Waals surface area (Å²) in [5.41, 5.74) is 2.13. The second-order valence-electron chi connectivity index (χ2n) is 5.79. The summed E-state index contributed by atoms with van der Waals surface area (Å²) in [6.07, 6.45) is 0. The van der Waals surface area contributed by atoms with Crippen molar-refractivity contribution in [2.75, 3.05) is 6.54 Å². The van der Waals surface area contributed by atoms with Crippen LogP contribution >= 0.6 is 0 Å². The van der Waals surface area contributed by atoms with Gasteiger partial charge in [0.05, 0.1) is 6.54 Å². The standard InChI is InChI=1S/C21H17N3O3/c1-14-7-5-11-16(13-14)19-23-17(18(25)21(27)24-19)20(26)22-12-6-10-15-8-3-2-4-9-15/h2-5,7-9,11,13,25H,12H2,1H3,(H,22,26)(H,23,24,27). The Hall–Kier alpha value is -3.85. The summed E-state index contributed by atoms with van der Waals surface area (Å²) in [6, 6.07) is 16.6. The number of nitrogens with one attached hydrogen (secondary N) is 1. The first kappa shape index (κ1) is 18.0. The molecule has 0 aliphatic carbocycles. The number of benzene rings is 2. The molecule has 3 aromatic rings. The minimum absolute atomic E-state index is 0.0672. The van der Waals surface area contributed by atoms with Gasteiger partial charge in [0.1, 0.15) is 0 Å². The topological polar surface area (TPSA) is 95.3 Å². The molecule has 0 unspecified atom stereocenters. The number of nitrogens with zero attached hydrogens (tertiary/aromatic N) is 2. The van der Waals surface area contributed by atoms with E-state index < -0.39 is 17.5 Å². The zero-order chi connectivity index (χ0) is 19.2. The highest BCUT2D eigenvalue weighted by molar-refractivity contribution is 5.96. The fraction of sp³-hybridized carbons (Fsp3) is 0.0952. The Morgan fingerprint density at radius 2 is 1.85 bits per heavy atom. The lowest BCUT2D eigenvalue weighted by Gasteiger charge is -2.08. The molecule has 0 saturated carbocycles. The van der Waals surface area contributed by atoms with Gasteiger partial charge in [-0.05, 0) is 25.1 Å². The maximum atomic E-state index is 12.3. The molecule has 0 aliphatic heterocycles. The van der Waals surface area contributed by atoms with Gasteiger partial charge in [-0.3, -0.25) is 4.79 Å². The summed E-state index contributed by atoms with van der Waals surface area (Å²) in [4.78, 5) is 20.3. The van der Waals surface area contributed by atoms with Gasteiger partial charge in [-0.25, -0.2) is 4.98 Å². The first-order chi connectivity index (χ1) is 13.0. The van der Waals surface area contributed by atoms with Gasteiger partial charge in [-0.15, -0.1) is 0 Å². The maximum Gasteiger partial charge on any atom is 0.274 e. The molecule has 1 amide bonds. The van der Waals surface area contributed by atoms with Crippen molar-refractivity contribution < 1.29 is 15.0 Å². The molecular formula is C21H17N3O3. The molecule has 6 nitrogen and oxygen atoms in total. The van der Waals surface area contributed by atoms with Crippen LogP contribution in [0.15, 0.2) is 54.6 Å². The van der Waals surface area contributed by atoms with Crippen LogP contribution in [0.3, 0.4) is 0 Å². The van der Waals surface area contributed by atoms with Crippen LogP contribution in [0.5, 0.6) is 11.6 Å². The van der Waals surface area contributed by atoms with Crippen LogP contribution in [0, 0.1) is 18.8 Å². The molecular weight excluding hydrogens is 342 g/mol. The number of rotatable bonds is 3. The third-order valence-corrected chi connectivity index (χ3v) is 3.70. The highest BCUT2D eigenvalue weighted by Crippen LogP contribution is 2.28. The van der Waals surface area contributed by atoms with E-state index in [9.17, 15) is 15.0 Å². The lowest BCUT2D eigenvalue weighted by molar-refractivity contribution is 0.0949. The normalized spacial score (nSPS) is 9.96. The van der Waals surface area contributed by atoms with E-state index in [4.69, 9.17) is 0 Å². The minimum Gasteiger partial charge on any atom is -0.501 e. The number of carbonyl (C=O) groups excluding carboxylic acids is 1. The quantitative estimate of drug-likeness (QED) is 0.625. The zero-order valence-corrected chi connectivity index (χ0v) is 14.6. The second-order valence-corrected chi connectivity index (χ2v) is 5.79. The Labute approximate surface area is 156 Å². The van der Waals surface area contributed by atoms with Crippen molar-refractivity contribution in [2.24, 2.45) is 0 Å². The summed E-state index contributed by atoms with van der Waals surface area (Å²) in [5.74, 6) is 3.91. The molecule has 0 saturated heterocycles. The average molecular weight is 359 g/mol. The van der Waals surface area contributed by atoms with Crippen LogP contribution in [-0.4, -0.2) is 32.6 Å². The SMILES string of the molecule is Cc1cccc(-c2nc(O)c(O)c(C(=O)NCC#Cc3ccccc3)n2)c1.